The van der Waals surface area contributed by atoms with Gasteiger partial charge in [0.1, 0.15) is 18.1 Å². The predicted octanol–water partition coefficient (Wildman–Crippen LogP) is 2.66. The Balaban J connectivity index is 1.68. The van der Waals surface area contributed by atoms with Gasteiger partial charge in [-0.2, -0.15) is 0 Å². The molecule has 3 rings (SSSR count). The molecule has 2 aromatic carbocycles. The molecule has 164 valence electrons. The van der Waals surface area contributed by atoms with Gasteiger partial charge in [-0.3, -0.25) is 9.10 Å². The third-order valence-corrected chi connectivity index (χ3v) is 5.78. The molecule has 3 aromatic rings. The van der Waals surface area contributed by atoms with Crippen LogP contribution in [0.25, 0.3) is 5.69 Å². The van der Waals surface area contributed by atoms with Crippen LogP contribution in [0, 0.1) is 6.92 Å². The van der Waals surface area contributed by atoms with Crippen LogP contribution in [-0.2, 0) is 21.4 Å². The van der Waals surface area contributed by atoms with Crippen LogP contribution in [0.4, 0.5) is 5.69 Å². The molecule has 1 amide bonds. The first-order valence-corrected chi connectivity index (χ1v) is 11.7. The van der Waals surface area contributed by atoms with E-state index in [9.17, 15) is 13.2 Å². The Bertz CT molecular complexity index is 1140. The third kappa shape index (κ3) is 5.64. The lowest BCUT2D eigenvalue weighted by Crippen LogP contribution is -2.40. The second-order valence-electron chi connectivity index (χ2n) is 6.96. The highest BCUT2D eigenvalue weighted by molar-refractivity contribution is 7.92. The van der Waals surface area contributed by atoms with Crippen molar-refractivity contribution >= 4 is 21.6 Å². The summed E-state index contributed by atoms with van der Waals surface area (Å²) in [5, 5.41) is 2.78. The lowest BCUT2D eigenvalue weighted by atomic mass is 10.2. The normalized spacial score (nSPS) is 11.2. The molecule has 8 nitrogen and oxygen atoms in total. The first-order valence-electron chi connectivity index (χ1n) is 9.85. The number of sulfonamides is 1. The number of imidazole rings is 1. The highest BCUT2D eigenvalue weighted by atomic mass is 32.2. The van der Waals surface area contributed by atoms with Crippen LogP contribution in [-0.4, -0.2) is 43.3 Å². The number of nitrogens with one attached hydrogen (secondary N) is 1. The van der Waals surface area contributed by atoms with Gasteiger partial charge < -0.3 is 14.6 Å². The number of hydrogen-bond donors (Lipinski definition) is 1. The first-order chi connectivity index (χ1) is 14.8. The van der Waals surface area contributed by atoms with E-state index in [4.69, 9.17) is 4.74 Å². The molecular formula is C22H26N4O4S. The van der Waals surface area contributed by atoms with Crippen molar-refractivity contribution in [3.8, 4) is 11.4 Å². The van der Waals surface area contributed by atoms with Gasteiger partial charge in [-0.1, -0.05) is 24.3 Å². The van der Waals surface area contributed by atoms with E-state index in [-0.39, 0.29) is 13.1 Å². The molecule has 9 heteroatoms. The van der Waals surface area contributed by atoms with E-state index < -0.39 is 15.9 Å². The van der Waals surface area contributed by atoms with Crippen molar-refractivity contribution in [3.63, 3.8) is 0 Å². The van der Waals surface area contributed by atoms with Crippen LogP contribution in [0.1, 0.15) is 18.3 Å². The molecule has 0 unspecified atom stereocenters. The summed E-state index contributed by atoms with van der Waals surface area (Å²) >= 11 is 0. The number of anilines is 1. The number of amides is 1. The van der Waals surface area contributed by atoms with Crippen molar-refractivity contribution in [3.05, 3.63) is 72.3 Å². The molecule has 0 bridgehead atoms. The fourth-order valence-corrected chi connectivity index (χ4v) is 3.99. The molecule has 0 radical (unpaired) electrons. The Morgan fingerprint density at radius 3 is 2.48 bits per heavy atom. The number of para-hydroxylation sites is 2. The molecule has 0 aliphatic heterocycles. The van der Waals surface area contributed by atoms with Gasteiger partial charge in [0.25, 0.3) is 0 Å². The summed E-state index contributed by atoms with van der Waals surface area (Å²) in [7, 11) is -3.69. The molecule has 1 N–H and O–H groups in total. The van der Waals surface area contributed by atoms with E-state index in [0.717, 1.165) is 27.6 Å². The van der Waals surface area contributed by atoms with Crippen LogP contribution in [0.2, 0.25) is 0 Å². The number of ether oxygens (including phenoxy) is 1. The Hall–Kier alpha value is -3.33. The summed E-state index contributed by atoms with van der Waals surface area (Å²) in [5.41, 5.74) is 2.21. The van der Waals surface area contributed by atoms with Crippen LogP contribution in [0.3, 0.4) is 0 Å². The maximum absolute atomic E-state index is 12.5. The number of hydrogen-bond acceptors (Lipinski definition) is 5. The van der Waals surface area contributed by atoms with Gasteiger partial charge in [0.15, 0.2) is 0 Å². The van der Waals surface area contributed by atoms with Crippen LogP contribution in [0.15, 0.2) is 60.9 Å². The largest absolute Gasteiger partial charge is 0.492 e. The zero-order chi connectivity index (χ0) is 22.4. The van der Waals surface area contributed by atoms with Crippen molar-refractivity contribution < 1.29 is 17.9 Å². The molecular weight excluding hydrogens is 416 g/mol. The number of benzene rings is 2. The van der Waals surface area contributed by atoms with Crippen LogP contribution < -0.4 is 14.4 Å². The number of carbonyl (C=O) groups excluding carboxylic acids is 1. The maximum Gasteiger partial charge on any atom is 0.241 e. The molecule has 0 saturated carbocycles. The van der Waals surface area contributed by atoms with Gasteiger partial charge >= 0.3 is 0 Å². The third-order valence-electron chi connectivity index (χ3n) is 4.65. The summed E-state index contributed by atoms with van der Waals surface area (Å²) in [6, 6.07) is 14.5. The molecule has 31 heavy (non-hydrogen) atoms. The SMILES string of the molecule is CCOc1ccccc1N(CC(=O)NCc1ccc(-n2ccnc2C)cc1)S(C)(=O)=O. The monoisotopic (exact) mass is 442 g/mol. The van der Waals surface area contributed by atoms with E-state index >= 15 is 0 Å². The average Bonchev–Trinajstić information content (AvgIpc) is 3.17. The van der Waals surface area contributed by atoms with E-state index in [1.807, 2.05) is 48.9 Å². The summed E-state index contributed by atoms with van der Waals surface area (Å²) in [6.07, 6.45) is 4.69. The Morgan fingerprint density at radius 2 is 1.87 bits per heavy atom. The molecule has 0 fully saturated rings. The van der Waals surface area contributed by atoms with E-state index in [2.05, 4.69) is 10.3 Å². The standard InChI is InChI=1S/C22H26N4O4S/c1-4-30-21-8-6-5-7-20(21)26(31(3,28)29)16-22(27)24-15-18-9-11-19(12-10-18)25-14-13-23-17(25)2/h5-14H,4,15-16H2,1-3H3,(H,24,27). The zero-order valence-electron chi connectivity index (χ0n) is 17.8. The zero-order valence-corrected chi connectivity index (χ0v) is 18.6. The Morgan fingerprint density at radius 1 is 1.16 bits per heavy atom. The molecule has 0 aliphatic carbocycles. The minimum absolute atomic E-state index is 0.284. The molecule has 1 heterocycles. The highest BCUT2D eigenvalue weighted by Crippen LogP contribution is 2.29. The van der Waals surface area contributed by atoms with Crippen molar-refractivity contribution in [1.29, 1.82) is 0 Å². The van der Waals surface area contributed by atoms with E-state index in [1.165, 1.54) is 0 Å². The summed E-state index contributed by atoms with van der Waals surface area (Å²) < 4.78 is 33.3. The number of nitrogens with zero attached hydrogens (tertiary/aromatic N) is 3. The molecule has 0 atom stereocenters. The predicted molar refractivity (Wildman–Crippen MR) is 120 cm³/mol. The van der Waals surface area contributed by atoms with E-state index in [0.29, 0.717) is 18.0 Å². The minimum atomic E-state index is -3.69. The molecule has 1 aromatic heterocycles. The highest BCUT2D eigenvalue weighted by Gasteiger charge is 2.23. The lowest BCUT2D eigenvalue weighted by molar-refractivity contribution is -0.119. The number of aryl methyl sites for hydroxylation is 1. The first kappa shape index (κ1) is 22.4. The fourth-order valence-electron chi connectivity index (χ4n) is 3.13. The summed E-state index contributed by atoms with van der Waals surface area (Å²) in [4.78, 5) is 16.8. The lowest BCUT2D eigenvalue weighted by Gasteiger charge is -2.24. The Kier molecular flexibility index (Phi) is 6.96. The van der Waals surface area contributed by atoms with Gasteiger partial charge in [0, 0.05) is 24.6 Å². The molecule has 0 spiro atoms. The van der Waals surface area contributed by atoms with Crippen molar-refractivity contribution in [2.24, 2.45) is 0 Å². The number of aromatic nitrogens is 2. The smallest absolute Gasteiger partial charge is 0.241 e. The van der Waals surface area contributed by atoms with Crippen LogP contribution >= 0.6 is 0 Å². The minimum Gasteiger partial charge on any atom is -0.492 e. The van der Waals surface area contributed by atoms with Gasteiger partial charge in [0.2, 0.25) is 15.9 Å². The van der Waals surface area contributed by atoms with Crippen molar-refractivity contribution in [2.45, 2.75) is 20.4 Å². The number of carbonyl (C=O) groups is 1. The van der Waals surface area contributed by atoms with Gasteiger partial charge in [-0.15, -0.1) is 0 Å². The average molecular weight is 443 g/mol. The topological polar surface area (TPSA) is 93.5 Å². The van der Waals surface area contributed by atoms with E-state index in [1.54, 1.807) is 30.5 Å². The van der Waals surface area contributed by atoms with Crippen LogP contribution in [0.5, 0.6) is 5.75 Å². The molecule has 0 saturated heterocycles. The molecule has 0 aliphatic rings. The van der Waals surface area contributed by atoms with Gasteiger partial charge in [0.05, 0.1) is 18.6 Å². The second kappa shape index (κ2) is 9.65. The van der Waals surface area contributed by atoms with Crippen molar-refractivity contribution in [1.82, 2.24) is 14.9 Å². The second-order valence-corrected chi connectivity index (χ2v) is 8.86. The number of rotatable bonds is 9. The summed E-state index contributed by atoms with van der Waals surface area (Å²) in [5.74, 6) is 0.883. The van der Waals surface area contributed by atoms with Crippen molar-refractivity contribution in [2.75, 3.05) is 23.7 Å². The Labute approximate surface area is 182 Å². The fraction of sp³-hybridized carbons (Fsp3) is 0.273. The quantitative estimate of drug-likeness (QED) is 0.550. The van der Waals surface area contributed by atoms with Gasteiger partial charge in [-0.25, -0.2) is 13.4 Å². The van der Waals surface area contributed by atoms with Gasteiger partial charge in [-0.05, 0) is 43.7 Å². The summed E-state index contributed by atoms with van der Waals surface area (Å²) in [6.45, 7) is 4.07. The maximum atomic E-state index is 12.5.